The molecule has 1 amide bonds. The average molecular weight is 433 g/mol. The largest absolute Gasteiger partial charge is 0.497 e. The van der Waals surface area contributed by atoms with E-state index in [-0.39, 0.29) is 18.4 Å². The Morgan fingerprint density at radius 1 is 1.35 bits per heavy atom. The number of carbonyl (C=O) groups excluding carboxylic acids is 2. The van der Waals surface area contributed by atoms with Crippen LogP contribution in [0.2, 0.25) is 0 Å². The molecule has 0 spiro atoms. The second kappa shape index (κ2) is 9.80. The normalized spacial score (nSPS) is 21.8. The number of fused-ring (bicyclic) bond motifs is 1. The molecule has 0 bridgehead atoms. The summed E-state index contributed by atoms with van der Waals surface area (Å²) in [6.45, 7) is 1.33. The first-order valence-electron chi connectivity index (χ1n) is 9.97. The molecule has 2 aliphatic rings. The van der Waals surface area contributed by atoms with Crippen LogP contribution in [0.3, 0.4) is 0 Å². The van der Waals surface area contributed by atoms with Gasteiger partial charge in [0.2, 0.25) is 5.91 Å². The van der Waals surface area contributed by atoms with Crippen LogP contribution < -0.4 is 20.5 Å². The minimum atomic E-state index is -1.12. The highest BCUT2D eigenvalue weighted by Crippen LogP contribution is 2.35. The van der Waals surface area contributed by atoms with E-state index in [2.05, 4.69) is 5.32 Å². The number of amides is 1. The molecule has 2 aliphatic heterocycles. The fourth-order valence-corrected chi connectivity index (χ4v) is 3.98. The lowest BCUT2D eigenvalue weighted by molar-refractivity contribution is -0.145. The number of rotatable bonds is 8. The zero-order chi connectivity index (χ0) is 22.5. The summed E-state index contributed by atoms with van der Waals surface area (Å²) in [5.74, 6) is -0.933. The summed E-state index contributed by atoms with van der Waals surface area (Å²) < 4.78 is 16.2. The van der Waals surface area contributed by atoms with Crippen molar-refractivity contribution in [3.8, 4) is 11.5 Å². The number of primary amides is 1. The molecule has 0 saturated carbocycles. The van der Waals surface area contributed by atoms with Crippen LogP contribution in [-0.4, -0.2) is 79.9 Å². The molecule has 4 N–H and O–H groups in total. The number of methoxy groups -OCH3 is 2. The van der Waals surface area contributed by atoms with E-state index in [1.165, 1.54) is 14.2 Å². The highest BCUT2D eigenvalue weighted by atomic mass is 16.5. The molecule has 1 saturated heterocycles. The molecule has 0 aromatic heterocycles. The number of benzene rings is 1. The molecule has 10 nitrogen and oxygen atoms in total. The maximum atomic E-state index is 12.1. The number of hydrogen-bond acceptors (Lipinski definition) is 8. The van der Waals surface area contributed by atoms with E-state index in [9.17, 15) is 19.5 Å². The molecular formula is C21H27N3O7. The molecule has 1 fully saturated rings. The van der Waals surface area contributed by atoms with Crippen LogP contribution in [0.25, 0.3) is 6.08 Å². The number of hydrogen-bond donors (Lipinski definition) is 3. The van der Waals surface area contributed by atoms with Crippen LogP contribution in [0.5, 0.6) is 11.5 Å². The quantitative estimate of drug-likeness (QED) is 0.483. The number of nitrogens with one attached hydrogen (secondary N) is 1. The van der Waals surface area contributed by atoms with E-state index in [0.29, 0.717) is 36.7 Å². The van der Waals surface area contributed by atoms with E-state index in [1.807, 2.05) is 4.90 Å². The molecule has 31 heavy (non-hydrogen) atoms. The number of carboxylic acid groups (broad SMARTS) is 1. The topological polar surface area (TPSA) is 140 Å². The standard InChI is InChI=1S/C21H27N3O7/c1-29-13-3-5-17-12(9-13)10-14(20(26)27)19(31-17)16(4-6-18(22)25)24-8-7-23-15(11-24)21(28)30-2/h3,5,9-10,15-16,19,23H,4,6-8,11H2,1-2H3,(H2,22,25)(H,26,27). The van der Waals surface area contributed by atoms with Gasteiger partial charge >= 0.3 is 11.9 Å². The van der Waals surface area contributed by atoms with Crippen LogP contribution in [-0.2, 0) is 19.1 Å². The van der Waals surface area contributed by atoms with E-state index in [0.717, 1.165) is 0 Å². The number of piperazine rings is 1. The van der Waals surface area contributed by atoms with Crippen molar-refractivity contribution >= 4 is 23.9 Å². The molecule has 3 rings (SSSR count). The van der Waals surface area contributed by atoms with Gasteiger partial charge in [-0.1, -0.05) is 0 Å². The lowest BCUT2D eigenvalue weighted by Crippen LogP contribution is -2.60. The number of esters is 1. The smallest absolute Gasteiger partial charge is 0.335 e. The third-order valence-electron chi connectivity index (χ3n) is 5.53. The number of nitrogens with two attached hydrogens (primary N) is 1. The molecule has 0 aliphatic carbocycles. The lowest BCUT2D eigenvalue weighted by atomic mass is 9.91. The second-order valence-corrected chi connectivity index (χ2v) is 7.44. The van der Waals surface area contributed by atoms with Crippen molar-refractivity contribution in [1.29, 1.82) is 0 Å². The van der Waals surface area contributed by atoms with Gasteiger partial charge in [-0.25, -0.2) is 4.79 Å². The maximum Gasteiger partial charge on any atom is 0.335 e. The lowest BCUT2D eigenvalue weighted by Gasteiger charge is -2.42. The summed E-state index contributed by atoms with van der Waals surface area (Å²) in [6, 6.07) is 4.10. The molecule has 1 aromatic rings. The van der Waals surface area contributed by atoms with E-state index >= 15 is 0 Å². The highest BCUT2D eigenvalue weighted by Gasteiger charge is 2.40. The van der Waals surface area contributed by atoms with Crippen LogP contribution in [0.15, 0.2) is 23.8 Å². The van der Waals surface area contributed by atoms with Crippen molar-refractivity contribution in [3.63, 3.8) is 0 Å². The number of nitrogens with zero attached hydrogens (tertiary/aromatic N) is 1. The Labute approximate surface area is 179 Å². The molecule has 0 radical (unpaired) electrons. The van der Waals surface area contributed by atoms with Crippen LogP contribution in [0.4, 0.5) is 0 Å². The number of ether oxygens (including phenoxy) is 3. The van der Waals surface area contributed by atoms with E-state index < -0.39 is 36.0 Å². The Kier molecular flexibility index (Phi) is 7.13. The predicted molar refractivity (Wildman–Crippen MR) is 111 cm³/mol. The molecule has 2 heterocycles. The van der Waals surface area contributed by atoms with Crippen molar-refractivity contribution in [1.82, 2.24) is 10.2 Å². The van der Waals surface area contributed by atoms with Gasteiger partial charge in [-0.05, 0) is 30.7 Å². The number of carbonyl (C=O) groups is 3. The first kappa shape index (κ1) is 22.6. The molecule has 3 unspecified atom stereocenters. The minimum absolute atomic E-state index is 0.0553. The van der Waals surface area contributed by atoms with Crippen molar-refractivity contribution in [2.75, 3.05) is 33.9 Å². The summed E-state index contributed by atoms with van der Waals surface area (Å²) in [7, 11) is 2.84. The van der Waals surface area contributed by atoms with Gasteiger partial charge in [-0.3, -0.25) is 14.5 Å². The van der Waals surface area contributed by atoms with E-state index in [1.54, 1.807) is 24.3 Å². The van der Waals surface area contributed by atoms with Crippen molar-refractivity contribution in [2.45, 2.75) is 31.0 Å². The summed E-state index contributed by atoms with van der Waals surface area (Å²) in [5, 5.41) is 13.0. The van der Waals surface area contributed by atoms with Crippen LogP contribution in [0, 0.1) is 0 Å². The third-order valence-corrected chi connectivity index (χ3v) is 5.53. The Hall–Kier alpha value is -3.11. The van der Waals surface area contributed by atoms with Crippen LogP contribution >= 0.6 is 0 Å². The molecule has 1 aromatic carbocycles. The van der Waals surface area contributed by atoms with Gasteiger partial charge in [-0.2, -0.15) is 0 Å². The summed E-state index contributed by atoms with van der Waals surface area (Å²) in [6.07, 6.45) is 1.05. The number of aliphatic carboxylic acids is 1. The third kappa shape index (κ3) is 5.15. The monoisotopic (exact) mass is 433 g/mol. The Bertz CT molecular complexity index is 886. The second-order valence-electron chi connectivity index (χ2n) is 7.44. The summed E-state index contributed by atoms with van der Waals surface area (Å²) >= 11 is 0. The zero-order valence-corrected chi connectivity index (χ0v) is 17.5. The molecular weight excluding hydrogens is 406 g/mol. The van der Waals surface area contributed by atoms with Crippen molar-refractivity contribution < 1.29 is 33.7 Å². The SMILES string of the molecule is COC(=O)C1CN(C(CCC(N)=O)C2Oc3ccc(OC)cc3C=C2C(=O)O)CCN1. The first-order chi connectivity index (χ1) is 14.8. The van der Waals surface area contributed by atoms with Gasteiger partial charge < -0.3 is 30.4 Å². The highest BCUT2D eigenvalue weighted by molar-refractivity contribution is 5.95. The fraction of sp³-hybridized carbons (Fsp3) is 0.476. The van der Waals surface area contributed by atoms with Crippen molar-refractivity contribution in [3.05, 3.63) is 29.3 Å². The van der Waals surface area contributed by atoms with E-state index in [4.69, 9.17) is 19.9 Å². The Morgan fingerprint density at radius 3 is 2.77 bits per heavy atom. The van der Waals surface area contributed by atoms with Gasteiger partial charge in [0.15, 0.2) is 0 Å². The predicted octanol–water partition coefficient (Wildman–Crippen LogP) is 0.00510. The van der Waals surface area contributed by atoms with Gasteiger partial charge in [0.05, 0.1) is 25.8 Å². The van der Waals surface area contributed by atoms with Crippen molar-refractivity contribution in [2.24, 2.45) is 5.73 Å². The van der Waals surface area contributed by atoms with Gasteiger partial charge in [0.1, 0.15) is 23.6 Å². The van der Waals surface area contributed by atoms with Gasteiger partial charge in [0.25, 0.3) is 0 Å². The minimum Gasteiger partial charge on any atom is -0.497 e. The summed E-state index contributed by atoms with van der Waals surface area (Å²) in [4.78, 5) is 37.6. The zero-order valence-electron chi connectivity index (χ0n) is 17.5. The summed E-state index contributed by atoms with van der Waals surface area (Å²) in [5.41, 5.74) is 6.02. The first-order valence-corrected chi connectivity index (χ1v) is 9.97. The number of carboxylic acids is 1. The van der Waals surface area contributed by atoms with Crippen LogP contribution in [0.1, 0.15) is 18.4 Å². The average Bonchev–Trinajstić information content (AvgIpc) is 2.77. The maximum absolute atomic E-state index is 12.1. The molecule has 10 heteroatoms. The Morgan fingerprint density at radius 2 is 2.13 bits per heavy atom. The van der Waals surface area contributed by atoms with Gasteiger partial charge in [-0.15, -0.1) is 0 Å². The molecule has 168 valence electrons. The Balaban J connectivity index is 1.94. The fourth-order valence-electron chi connectivity index (χ4n) is 3.98. The van der Waals surface area contributed by atoms with Gasteiger partial charge in [0, 0.05) is 31.6 Å². The molecule has 3 atom stereocenters.